The molecule has 7 atom stereocenters. The van der Waals surface area contributed by atoms with E-state index in [-0.39, 0.29) is 5.60 Å². The van der Waals surface area contributed by atoms with Gasteiger partial charge in [0.15, 0.2) is 0 Å². The number of rotatable bonds is 3. The maximum absolute atomic E-state index is 6.59. The molecule has 2 heteroatoms. The van der Waals surface area contributed by atoms with E-state index in [1.54, 1.807) is 5.57 Å². The Labute approximate surface area is 189 Å². The molecule has 4 aliphatic rings. The van der Waals surface area contributed by atoms with E-state index >= 15 is 0 Å². The van der Waals surface area contributed by atoms with E-state index in [4.69, 9.17) is 9.47 Å². The van der Waals surface area contributed by atoms with Crippen molar-refractivity contribution in [2.75, 3.05) is 0 Å². The van der Waals surface area contributed by atoms with Gasteiger partial charge in [0, 0.05) is 5.41 Å². The number of para-hydroxylation sites is 1. The summed E-state index contributed by atoms with van der Waals surface area (Å²) in [5.74, 6) is 3.53. The first-order chi connectivity index (χ1) is 14.7. The van der Waals surface area contributed by atoms with Crippen molar-refractivity contribution in [3.63, 3.8) is 0 Å². The number of hydrogen-bond donors (Lipinski definition) is 0. The van der Waals surface area contributed by atoms with Crippen molar-refractivity contribution < 1.29 is 9.47 Å². The summed E-state index contributed by atoms with van der Waals surface area (Å²) in [5, 5.41) is 0. The zero-order valence-electron chi connectivity index (χ0n) is 20.3. The van der Waals surface area contributed by atoms with E-state index in [9.17, 15) is 0 Å². The molecule has 4 aliphatic carbocycles. The lowest BCUT2D eigenvalue weighted by atomic mass is 9.48. The molecule has 0 aromatic heterocycles. The molecule has 0 heterocycles. The molecule has 0 bridgehead atoms. The molecule has 0 saturated heterocycles. The summed E-state index contributed by atoms with van der Waals surface area (Å²) in [6.07, 6.45) is 13.6. The molecule has 0 radical (unpaired) electrons. The first-order valence-electron chi connectivity index (χ1n) is 12.8. The van der Waals surface area contributed by atoms with E-state index in [0.717, 1.165) is 29.9 Å². The second kappa shape index (κ2) is 7.65. The molecule has 0 unspecified atom stereocenters. The summed E-state index contributed by atoms with van der Waals surface area (Å²) in [5.41, 5.74) is 2.39. The average molecular weight is 423 g/mol. The van der Waals surface area contributed by atoms with Crippen LogP contribution in [0.5, 0.6) is 5.75 Å². The second-order valence-electron chi connectivity index (χ2n) is 12.4. The third kappa shape index (κ3) is 3.77. The van der Waals surface area contributed by atoms with Gasteiger partial charge in [0.05, 0.1) is 11.7 Å². The van der Waals surface area contributed by atoms with E-state index in [1.165, 1.54) is 44.9 Å². The molecule has 2 nitrogen and oxygen atoms in total. The fourth-order valence-corrected chi connectivity index (χ4v) is 8.04. The van der Waals surface area contributed by atoms with Gasteiger partial charge in [-0.25, -0.2) is 0 Å². The third-order valence-corrected chi connectivity index (χ3v) is 9.51. The quantitative estimate of drug-likeness (QED) is 0.467. The van der Waals surface area contributed by atoms with Crippen molar-refractivity contribution in [1.82, 2.24) is 0 Å². The highest BCUT2D eigenvalue weighted by molar-refractivity contribution is 5.26. The standard InChI is InChI=1S/C29H42O2/c1-27(2,3)31-22-15-17-28(4)20(19-22)11-12-23-24-13-14-26(29(24,5)18-16-25(23)28)30-21-9-7-6-8-10-21/h6-11,22-26H,12-19H2,1-5H3/t22-,23+,24-,25+,26-,28-,29+/m0/s1. The van der Waals surface area contributed by atoms with E-state index in [1.807, 2.05) is 0 Å². The van der Waals surface area contributed by atoms with E-state index in [0.29, 0.717) is 23.0 Å². The molecule has 0 aliphatic heterocycles. The number of ether oxygens (including phenoxy) is 2. The highest BCUT2D eigenvalue weighted by atomic mass is 16.5. The van der Waals surface area contributed by atoms with Gasteiger partial charge in [0.2, 0.25) is 0 Å². The van der Waals surface area contributed by atoms with Crippen LogP contribution in [-0.2, 0) is 4.74 Å². The van der Waals surface area contributed by atoms with E-state index < -0.39 is 0 Å². The Morgan fingerprint density at radius 3 is 2.42 bits per heavy atom. The lowest BCUT2D eigenvalue weighted by Crippen LogP contribution is -2.52. The maximum Gasteiger partial charge on any atom is 0.119 e. The molecule has 170 valence electrons. The van der Waals surface area contributed by atoms with Gasteiger partial charge in [-0.3, -0.25) is 0 Å². The molecule has 5 rings (SSSR count). The molecule has 1 aromatic rings. The molecule has 0 N–H and O–H groups in total. The fourth-order valence-electron chi connectivity index (χ4n) is 8.04. The first-order valence-corrected chi connectivity index (χ1v) is 12.8. The van der Waals surface area contributed by atoms with Crippen LogP contribution >= 0.6 is 0 Å². The highest BCUT2D eigenvalue weighted by Crippen LogP contribution is 2.65. The Morgan fingerprint density at radius 2 is 1.68 bits per heavy atom. The van der Waals surface area contributed by atoms with Crippen LogP contribution in [0.4, 0.5) is 0 Å². The molecule has 1 aromatic carbocycles. The average Bonchev–Trinajstić information content (AvgIpc) is 3.04. The summed E-state index contributed by atoms with van der Waals surface area (Å²) in [4.78, 5) is 0. The molecule has 31 heavy (non-hydrogen) atoms. The van der Waals surface area contributed by atoms with Crippen LogP contribution in [0.1, 0.15) is 86.0 Å². The first kappa shape index (κ1) is 21.6. The van der Waals surface area contributed by atoms with Crippen molar-refractivity contribution in [3.8, 4) is 5.75 Å². The summed E-state index contributed by atoms with van der Waals surface area (Å²) in [6.45, 7) is 11.7. The summed E-state index contributed by atoms with van der Waals surface area (Å²) in [7, 11) is 0. The fraction of sp³-hybridized carbons (Fsp3) is 0.724. The topological polar surface area (TPSA) is 18.5 Å². The molecule has 0 spiro atoms. The normalized spacial score (nSPS) is 42.2. The third-order valence-electron chi connectivity index (χ3n) is 9.51. The van der Waals surface area contributed by atoms with Crippen LogP contribution in [0.2, 0.25) is 0 Å². The lowest BCUT2D eigenvalue weighted by molar-refractivity contribution is -0.0971. The number of fused-ring (bicyclic) bond motifs is 5. The maximum atomic E-state index is 6.59. The van der Waals surface area contributed by atoms with Crippen LogP contribution < -0.4 is 4.74 Å². The largest absolute Gasteiger partial charge is 0.490 e. The van der Waals surface area contributed by atoms with E-state index in [2.05, 4.69) is 71.0 Å². The monoisotopic (exact) mass is 422 g/mol. The van der Waals surface area contributed by atoms with Gasteiger partial charge >= 0.3 is 0 Å². The van der Waals surface area contributed by atoms with Crippen LogP contribution in [-0.4, -0.2) is 17.8 Å². The highest BCUT2D eigenvalue weighted by Gasteiger charge is 2.59. The van der Waals surface area contributed by atoms with Crippen molar-refractivity contribution >= 4 is 0 Å². The Balaban J connectivity index is 1.34. The zero-order valence-corrected chi connectivity index (χ0v) is 20.3. The predicted octanol–water partition coefficient (Wildman–Crippen LogP) is 7.58. The molecule has 0 amide bonds. The molecule has 3 saturated carbocycles. The zero-order chi connectivity index (χ0) is 21.9. The van der Waals surface area contributed by atoms with Crippen LogP contribution in [0.3, 0.4) is 0 Å². The lowest BCUT2D eigenvalue weighted by Gasteiger charge is -2.58. The molecule has 3 fully saturated rings. The number of hydrogen-bond acceptors (Lipinski definition) is 2. The van der Waals surface area contributed by atoms with Crippen LogP contribution in [0, 0.1) is 28.6 Å². The minimum atomic E-state index is -0.0412. The summed E-state index contributed by atoms with van der Waals surface area (Å²) >= 11 is 0. The Hall–Kier alpha value is -1.28. The summed E-state index contributed by atoms with van der Waals surface area (Å²) < 4.78 is 13.0. The molecular formula is C29H42O2. The minimum absolute atomic E-state index is 0.0412. The van der Waals surface area contributed by atoms with Gasteiger partial charge in [-0.2, -0.15) is 0 Å². The van der Waals surface area contributed by atoms with Crippen LogP contribution in [0.25, 0.3) is 0 Å². The van der Waals surface area contributed by atoms with Gasteiger partial charge < -0.3 is 9.47 Å². The number of benzene rings is 1. The summed E-state index contributed by atoms with van der Waals surface area (Å²) in [6, 6.07) is 10.5. The van der Waals surface area contributed by atoms with Gasteiger partial charge in [-0.1, -0.05) is 43.7 Å². The van der Waals surface area contributed by atoms with Crippen molar-refractivity contribution in [3.05, 3.63) is 42.0 Å². The van der Waals surface area contributed by atoms with Crippen molar-refractivity contribution in [1.29, 1.82) is 0 Å². The Bertz CT molecular complexity index is 821. The second-order valence-corrected chi connectivity index (χ2v) is 12.4. The van der Waals surface area contributed by atoms with Crippen LogP contribution in [0.15, 0.2) is 42.0 Å². The van der Waals surface area contributed by atoms with Gasteiger partial charge in [0.1, 0.15) is 11.9 Å². The Kier molecular flexibility index (Phi) is 5.32. The molecular weight excluding hydrogens is 380 g/mol. The van der Waals surface area contributed by atoms with Gasteiger partial charge in [0.25, 0.3) is 0 Å². The van der Waals surface area contributed by atoms with Gasteiger partial charge in [-0.15, -0.1) is 0 Å². The minimum Gasteiger partial charge on any atom is -0.490 e. The predicted molar refractivity (Wildman–Crippen MR) is 127 cm³/mol. The number of allylic oxidation sites excluding steroid dienone is 1. The smallest absolute Gasteiger partial charge is 0.119 e. The van der Waals surface area contributed by atoms with Crippen molar-refractivity contribution in [2.24, 2.45) is 28.6 Å². The SMILES string of the molecule is CC(C)(C)O[C@H]1CC[C@@]2(C)C(=CC[C@H]3[C@H]2CC[C@@]2(C)[C@@H](Oc4ccccc4)CC[C@@H]32)C1. The van der Waals surface area contributed by atoms with Crippen molar-refractivity contribution in [2.45, 2.75) is 104 Å². The Morgan fingerprint density at radius 1 is 0.903 bits per heavy atom. The van der Waals surface area contributed by atoms with Gasteiger partial charge in [-0.05, 0) is 107 Å².